The molecular formula is C16H18N2O7S2. The first kappa shape index (κ1) is 19.6. The summed E-state index contributed by atoms with van der Waals surface area (Å²) in [6.45, 7) is -1.06. The van der Waals surface area contributed by atoms with Crippen LogP contribution < -0.4 is 9.64 Å². The summed E-state index contributed by atoms with van der Waals surface area (Å²) < 4.78 is 34.3. The van der Waals surface area contributed by atoms with E-state index in [1.807, 2.05) is 0 Å². The van der Waals surface area contributed by atoms with E-state index in [0.29, 0.717) is 16.6 Å². The van der Waals surface area contributed by atoms with Crippen LogP contribution in [0.1, 0.15) is 0 Å². The maximum atomic E-state index is 12.1. The van der Waals surface area contributed by atoms with Gasteiger partial charge in [-0.3, -0.25) is 4.79 Å². The molecule has 0 aliphatic carbocycles. The lowest BCUT2D eigenvalue weighted by molar-refractivity contribution is -0.143. The number of nitrogens with zero attached hydrogens (tertiary/aromatic N) is 2. The number of ether oxygens (including phenoxy) is 2. The molecule has 0 unspecified atom stereocenters. The minimum atomic E-state index is -3.17. The highest BCUT2D eigenvalue weighted by molar-refractivity contribution is 8.16. The number of carbonyl (C=O) groups is 2. The highest BCUT2D eigenvalue weighted by Crippen LogP contribution is 2.43. The Bertz CT molecular complexity index is 885. The van der Waals surface area contributed by atoms with Crippen molar-refractivity contribution in [3.05, 3.63) is 24.3 Å². The third-order valence-corrected chi connectivity index (χ3v) is 7.29. The number of anilines is 1. The third-order valence-electron chi connectivity index (χ3n) is 4.08. The molecule has 3 rings (SSSR count). The number of sulfone groups is 1. The first-order valence-electron chi connectivity index (χ1n) is 8.01. The molecule has 1 N–H and O–H groups in total. The lowest BCUT2D eigenvalue weighted by Crippen LogP contribution is -2.38. The zero-order valence-corrected chi connectivity index (χ0v) is 16.0. The average molecular weight is 414 g/mol. The Morgan fingerprint density at radius 3 is 2.74 bits per heavy atom. The second-order valence-corrected chi connectivity index (χ2v) is 9.38. The van der Waals surface area contributed by atoms with Gasteiger partial charge in [0.05, 0.1) is 30.3 Å². The van der Waals surface area contributed by atoms with Crippen LogP contribution in [0.5, 0.6) is 5.75 Å². The van der Waals surface area contributed by atoms with E-state index in [1.54, 1.807) is 29.2 Å². The molecule has 0 spiro atoms. The number of aliphatic carboxylic acids is 1. The summed E-state index contributed by atoms with van der Waals surface area (Å²) in [5.41, 5.74) is 0.620. The summed E-state index contributed by atoms with van der Waals surface area (Å²) in [4.78, 5) is 28.3. The molecule has 146 valence electrons. The molecule has 2 aliphatic heterocycles. The summed E-state index contributed by atoms with van der Waals surface area (Å²) in [5.74, 6) is -1.31. The van der Waals surface area contributed by atoms with E-state index in [0.717, 1.165) is 0 Å². The number of methoxy groups -OCH3 is 1. The van der Waals surface area contributed by atoms with Gasteiger partial charge in [0.25, 0.3) is 5.91 Å². The van der Waals surface area contributed by atoms with Gasteiger partial charge < -0.3 is 19.5 Å². The summed E-state index contributed by atoms with van der Waals surface area (Å²) in [7, 11) is -1.67. The van der Waals surface area contributed by atoms with Crippen molar-refractivity contribution in [3.63, 3.8) is 0 Å². The Labute approximate surface area is 160 Å². The normalized spacial score (nSPS) is 24.8. The summed E-state index contributed by atoms with van der Waals surface area (Å²) in [6.07, 6.45) is 0. The number of aliphatic imine (C=N–C) groups is 1. The SMILES string of the molecule is COc1ccccc1N1C(=NC(=O)COCC(=O)O)S[C@H]2CS(=O)(=O)C[C@H]21. The average Bonchev–Trinajstić information content (AvgIpc) is 3.05. The maximum absolute atomic E-state index is 12.1. The van der Waals surface area contributed by atoms with Crippen LogP contribution >= 0.6 is 11.8 Å². The topological polar surface area (TPSA) is 123 Å². The lowest BCUT2D eigenvalue weighted by Gasteiger charge is -2.26. The maximum Gasteiger partial charge on any atom is 0.329 e. The van der Waals surface area contributed by atoms with Gasteiger partial charge in [-0.1, -0.05) is 23.9 Å². The second kappa shape index (κ2) is 7.87. The largest absolute Gasteiger partial charge is 0.495 e. The van der Waals surface area contributed by atoms with Crippen LogP contribution in [0.25, 0.3) is 0 Å². The van der Waals surface area contributed by atoms with Gasteiger partial charge >= 0.3 is 5.97 Å². The zero-order chi connectivity index (χ0) is 19.6. The second-order valence-electron chi connectivity index (χ2n) is 6.02. The number of rotatable bonds is 6. The molecular weight excluding hydrogens is 396 g/mol. The van der Waals surface area contributed by atoms with Crippen molar-refractivity contribution >= 4 is 44.3 Å². The molecule has 1 amide bonds. The number of benzene rings is 1. The summed E-state index contributed by atoms with van der Waals surface area (Å²) >= 11 is 1.22. The van der Waals surface area contributed by atoms with Crippen molar-refractivity contribution in [2.45, 2.75) is 11.3 Å². The number of hydrogen-bond donors (Lipinski definition) is 1. The lowest BCUT2D eigenvalue weighted by atomic mass is 10.2. The predicted molar refractivity (Wildman–Crippen MR) is 100 cm³/mol. The van der Waals surface area contributed by atoms with Gasteiger partial charge in [0.1, 0.15) is 19.0 Å². The number of carboxylic acid groups (broad SMARTS) is 1. The Hall–Kier alpha value is -2.11. The quantitative estimate of drug-likeness (QED) is 0.704. The summed E-state index contributed by atoms with van der Waals surface area (Å²) in [5, 5.41) is 8.67. The van der Waals surface area contributed by atoms with Crippen LogP contribution in [-0.4, -0.2) is 73.7 Å². The molecule has 2 aliphatic rings. The molecule has 0 radical (unpaired) electrons. The molecule has 0 saturated carbocycles. The fraction of sp³-hybridized carbons (Fsp3) is 0.438. The van der Waals surface area contributed by atoms with Gasteiger partial charge in [-0.25, -0.2) is 13.2 Å². The first-order chi connectivity index (χ1) is 12.8. The Morgan fingerprint density at radius 2 is 2.04 bits per heavy atom. The van der Waals surface area contributed by atoms with Crippen LogP contribution in [-0.2, 0) is 24.2 Å². The number of hydrogen-bond acceptors (Lipinski definition) is 7. The van der Waals surface area contributed by atoms with Crippen molar-refractivity contribution in [3.8, 4) is 5.75 Å². The Balaban J connectivity index is 1.90. The van der Waals surface area contributed by atoms with Crippen LogP contribution in [0.2, 0.25) is 0 Å². The van der Waals surface area contributed by atoms with E-state index in [1.165, 1.54) is 18.9 Å². The van der Waals surface area contributed by atoms with Crippen molar-refractivity contribution in [1.82, 2.24) is 0 Å². The van der Waals surface area contributed by atoms with E-state index in [-0.39, 0.29) is 22.8 Å². The molecule has 27 heavy (non-hydrogen) atoms. The molecule has 0 aromatic heterocycles. The van der Waals surface area contributed by atoms with Crippen molar-refractivity contribution in [2.24, 2.45) is 4.99 Å². The molecule has 2 heterocycles. The van der Waals surface area contributed by atoms with Crippen LogP contribution in [0.15, 0.2) is 29.3 Å². The first-order valence-corrected chi connectivity index (χ1v) is 10.7. The minimum Gasteiger partial charge on any atom is -0.495 e. The van der Waals surface area contributed by atoms with Crippen molar-refractivity contribution in [2.75, 3.05) is 36.7 Å². The van der Waals surface area contributed by atoms with Gasteiger partial charge in [0.15, 0.2) is 15.0 Å². The van der Waals surface area contributed by atoms with Crippen LogP contribution in [0.4, 0.5) is 5.69 Å². The highest BCUT2D eigenvalue weighted by Gasteiger charge is 2.50. The number of amides is 1. The van der Waals surface area contributed by atoms with Crippen LogP contribution in [0.3, 0.4) is 0 Å². The third kappa shape index (κ3) is 4.42. The van der Waals surface area contributed by atoms with Crippen molar-refractivity contribution < 1.29 is 32.6 Å². The molecule has 1 aromatic carbocycles. The fourth-order valence-electron chi connectivity index (χ4n) is 3.04. The fourth-order valence-corrected chi connectivity index (χ4v) is 6.96. The predicted octanol–water partition coefficient (Wildman–Crippen LogP) is 0.398. The number of carbonyl (C=O) groups excluding carboxylic acids is 1. The van der Waals surface area contributed by atoms with E-state index >= 15 is 0 Å². The van der Waals surface area contributed by atoms with Crippen molar-refractivity contribution in [1.29, 1.82) is 0 Å². The molecule has 2 atom stereocenters. The number of fused-ring (bicyclic) bond motifs is 1. The van der Waals surface area contributed by atoms with Crippen LogP contribution in [0, 0.1) is 0 Å². The van der Waals surface area contributed by atoms with Gasteiger partial charge in [-0.2, -0.15) is 4.99 Å². The Morgan fingerprint density at radius 1 is 1.30 bits per heavy atom. The number of amidine groups is 1. The van der Waals surface area contributed by atoms with E-state index in [2.05, 4.69) is 4.99 Å². The molecule has 9 nitrogen and oxygen atoms in total. The molecule has 2 saturated heterocycles. The molecule has 0 bridgehead atoms. The number of para-hydroxylation sites is 2. The number of thioether (sulfide) groups is 1. The monoisotopic (exact) mass is 414 g/mol. The van der Waals surface area contributed by atoms with E-state index < -0.39 is 34.9 Å². The standard InChI is InChI=1S/C16H18N2O7S2/c1-24-12-5-3-2-4-10(12)18-11-8-27(22,23)9-13(11)26-16(18)17-14(19)6-25-7-15(20)21/h2-5,11,13H,6-9H2,1H3,(H,20,21)/t11-,13+/m1/s1. The number of carboxylic acids is 1. The van der Waals surface area contributed by atoms with Gasteiger partial charge in [0, 0.05) is 5.25 Å². The molecule has 1 aromatic rings. The highest BCUT2D eigenvalue weighted by atomic mass is 32.2. The van der Waals surface area contributed by atoms with Gasteiger partial charge in [-0.05, 0) is 12.1 Å². The smallest absolute Gasteiger partial charge is 0.329 e. The molecule has 2 fully saturated rings. The summed E-state index contributed by atoms with van der Waals surface area (Å²) in [6, 6.07) is 6.73. The van der Waals surface area contributed by atoms with E-state index in [9.17, 15) is 18.0 Å². The minimum absolute atomic E-state index is 0.0106. The van der Waals surface area contributed by atoms with Gasteiger partial charge in [0.2, 0.25) is 0 Å². The molecule has 11 heteroatoms. The zero-order valence-electron chi connectivity index (χ0n) is 14.4. The van der Waals surface area contributed by atoms with Gasteiger partial charge in [-0.15, -0.1) is 0 Å². The Kier molecular flexibility index (Phi) is 5.72. The van der Waals surface area contributed by atoms with E-state index in [4.69, 9.17) is 14.6 Å².